The fourth-order valence-electron chi connectivity index (χ4n) is 3.34. The second kappa shape index (κ2) is 10.8. The molecule has 0 spiro atoms. The Morgan fingerprint density at radius 1 is 1.24 bits per heavy atom. The molecule has 0 N–H and O–H groups in total. The van der Waals surface area contributed by atoms with Gasteiger partial charge in [-0.25, -0.2) is 4.98 Å². The predicted molar refractivity (Wildman–Crippen MR) is 135 cm³/mol. The number of benzene rings is 2. The van der Waals surface area contributed by atoms with E-state index >= 15 is 0 Å². The molecule has 1 heterocycles. The molecule has 0 bridgehead atoms. The van der Waals surface area contributed by atoms with Crippen LogP contribution in [0.2, 0.25) is 0 Å². The number of nitro groups is 1. The zero-order valence-corrected chi connectivity index (χ0v) is 21.3. The number of nitrogens with zero attached hydrogens (tertiary/aromatic N) is 4. The summed E-state index contributed by atoms with van der Waals surface area (Å²) in [5.74, 6) is 0.779. The molecule has 0 fully saturated rings. The summed E-state index contributed by atoms with van der Waals surface area (Å²) < 4.78 is 13.3. The molecule has 0 unspecified atom stereocenters. The van der Waals surface area contributed by atoms with Crippen LogP contribution in [0.5, 0.6) is 11.5 Å². The van der Waals surface area contributed by atoms with Crippen molar-refractivity contribution in [2.75, 3.05) is 6.61 Å². The van der Waals surface area contributed by atoms with Crippen LogP contribution in [0.1, 0.15) is 58.3 Å². The van der Waals surface area contributed by atoms with E-state index in [1.54, 1.807) is 39.0 Å². The van der Waals surface area contributed by atoms with Crippen LogP contribution in [0.15, 0.2) is 44.7 Å². The standard InChI is InChI=1S/C24H27BrN4O5/c1-6-15(5)23-27-19-9-8-17(25)12-18(19)24(30)28(23)26-13-16-10-20(29(31)32)22(34-14(3)4)21(11-16)33-7-2/h8-15H,6-7H2,1-5H3/t15-/m0/s1. The maximum Gasteiger partial charge on any atom is 0.315 e. The Morgan fingerprint density at radius 3 is 2.59 bits per heavy atom. The van der Waals surface area contributed by atoms with E-state index in [1.165, 1.54) is 17.0 Å². The Bertz CT molecular complexity index is 1300. The van der Waals surface area contributed by atoms with Gasteiger partial charge in [-0.2, -0.15) is 9.78 Å². The molecular formula is C24H27BrN4O5. The van der Waals surface area contributed by atoms with Crippen LogP contribution < -0.4 is 15.0 Å². The molecule has 180 valence electrons. The first-order valence-corrected chi connectivity index (χ1v) is 11.8. The van der Waals surface area contributed by atoms with Gasteiger partial charge in [0.15, 0.2) is 5.75 Å². The zero-order chi connectivity index (χ0) is 25.0. The lowest BCUT2D eigenvalue weighted by atomic mass is 10.1. The molecule has 0 aliphatic heterocycles. The maximum atomic E-state index is 13.3. The molecule has 0 radical (unpaired) electrons. The number of rotatable bonds is 9. The summed E-state index contributed by atoms with van der Waals surface area (Å²) >= 11 is 3.39. The molecule has 0 saturated heterocycles. The van der Waals surface area contributed by atoms with Gasteiger partial charge in [-0.15, -0.1) is 0 Å². The molecule has 0 aliphatic rings. The molecule has 9 nitrogen and oxygen atoms in total. The largest absolute Gasteiger partial charge is 0.490 e. The Hall–Kier alpha value is -3.27. The highest BCUT2D eigenvalue weighted by Gasteiger charge is 2.23. The normalized spacial score (nSPS) is 12.4. The van der Waals surface area contributed by atoms with Crippen LogP contribution in [-0.4, -0.2) is 33.5 Å². The van der Waals surface area contributed by atoms with E-state index < -0.39 is 4.92 Å². The molecule has 1 aromatic heterocycles. The SMILES string of the molecule is CCOc1cc(C=Nn2c([C@@H](C)CC)nc3ccc(Br)cc3c2=O)cc([N+](=O)[O-])c1OC(C)C. The Morgan fingerprint density at radius 2 is 1.97 bits per heavy atom. The van der Waals surface area contributed by atoms with Crippen LogP contribution in [0.4, 0.5) is 5.69 Å². The van der Waals surface area contributed by atoms with Gasteiger partial charge < -0.3 is 9.47 Å². The second-order valence-electron chi connectivity index (χ2n) is 8.03. The molecule has 2 aromatic carbocycles. The van der Waals surface area contributed by atoms with Gasteiger partial charge in [0.1, 0.15) is 5.82 Å². The third kappa shape index (κ3) is 5.44. The van der Waals surface area contributed by atoms with Crippen molar-refractivity contribution in [3.05, 3.63) is 66.7 Å². The van der Waals surface area contributed by atoms with Crippen molar-refractivity contribution in [2.24, 2.45) is 5.10 Å². The molecule has 1 atom stereocenters. The van der Waals surface area contributed by atoms with Crippen LogP contribution in [0.3, 0.4) is 0 Å². The van der Waals surface area contributed by atoms with E-state index in [0.717, 1.165) is 10.9 Å². The second-order valence-corrected chi connectivity index (χ2v) is 8.94. The van der Waals surface area contributed by atoms with E-state index in [0.29, 0.717) is 28.9 Å². The Labute approximate surface area is 205 Å². The number of ether oxygens (including phenoxy) is 2. The molecular weight excluding hydrogens is 504 g/mol. The van der Waals surface area contributed by atoms with Gasteiger partial charge in [-0.05, 0) is 51.5 Å². The summed E-state index contributed by atoms with van der Waals surface area (Å²) in [7, 11) is 0. The fraction of sp³-hybridized carbons (Fsp3) is 0.375. The third-order valence-electron chi connectivity index (χ3n) is 5.12. The third-order valence-corrected chi connectivity index (χ3v) is 5.61. The molecule has 34 heavy (non-hydrogen) atoms. The van der Waals surface area contributed by atoms with Gasteiger partial charge >= 0.3 is 5.69 Å². The van der Waals surface area contributed by atoms with Crippen molar-refractivity contribution in [2.45, 2.75) is 53.1 Å². The van der Waals surface area contributed by atoms with Gasteiger partial charge in [0, 0.05) is 22.0 Å². The first-order valence-electron chi connectivity index (χ1n) is 11.0. The number of hydrogen-bond donors (Lipinski definition) is 0. The first kappa shape index (κ1) is 25.4. The highest BCUT2D eigenvalue weighted by molar-refractivity contribution is 9.10. The monoisotopic (exact) mass is 530 g/mol. The van der Waals surface area contributed by atoms with E-state index in [4.69, 9.17) is 9.47 Å². The summed E-state index contributed by atoms with van der Waals surface area (Å²) in [6.07, 6.45) is 1.87. The number of nitro benzene ring substituents is 1. The fourth-order valence-corrected chi connectivity index (χ4v) is 3.70. The summed E-state index contributed by atoms with van der Waals surface area (Å²) in [4.78, 5) is 29.2. The predicted octanol–water partition coefficient (Wildman–Crippen LogP) is 5.65. The number of aromatic nitrogens is 2. The van der Waals surface area contributed by atoms with E-state index in [9.17, 15) is 14.9 Å². The van der Waals surface area contributed by atoms with Crippen molar-refractivity contribution in [3.8, 4) is 11.5 Å². The highest BCUT2D eigenvalue weighted by atomic mass is 79.9. The minimum Gasteiger partial charge on any atom is -0.490 e. The number of hydrogen-bond acceptors (Lipinski definition) is 7. The van der Waals surface area contributed by atoms with E-state index in [1.807, 2.05) is 19.9 Å². The highest BCUT2D eigenvalue weighted by Crippen LogP contribution is 2.39. The number of halogens is 1. The molecule has 3 aromatic rings. The van der Waals surface area contributed by atoms with Crippen molar-refractivity contribution in [1.82, 2.24) is 9.66 Å². The van der Waals surface area contributed by atoms with Gasteiger partial charge in [-0.1, -0.05) is 29.8 Å². The summed E-state index contributed by atoms with van der Waals surface area (Å²) in [5.41, 5.74) is 0.412. The summed E-state index contributed by atoms with van der Waals surface area (Å²) in [6.45, 7) is 9.61. The first-order chi connectivity index (χ1) is 16.2. The lowest BCUT2D eigenvalue weighted by Gasteiger charge is -2.15. The molecule has 3 rings (SSSR count). The van der Waals surface area contributed by atoms with Gasteiger partial charge in [0.05, 0.1) is 34.8 Å². The quantitative estimate of drug-likeness (QED) is 0.201. The van der Waals surface area contributed by atoms with Crippen molar-refractivity contribution < 1.29 is 14.4 Å². The summed E-state index contributed by atoms with van der Waals surface area (Å²) in [5, 5.41) is 16.6. The van der Waals surface area contributed by atoms with Gasteiger partial charge in [0.25, 0.3) is 5.56 Å². The lowest BCUT2D eigenvalue weighted by molar-refractivity contribution is -0.386. The van der Waals surface area contributed by atoms with Crippen LogP contribution in [0.25, 0.3) is 10.9 Å². The smallest absolute Gasteiger partial charge is 0.315 e. The van der Waals surface area contributed by atoms with E-state index in [-0.39, 0.29) is 34.8 Å². The molecule has 0 aliphatic carbocycles. The van der Waals surface area contributed by atoms with Crippen LogP contribution in [-0.2, 0) is 0 Å². The van der Waals surface area contributed by atoms with E-state index in [2.05, 4.69) is 26.0 Å². The van der Waals surface area contributed by atoms with Gasteiger partial charge in [-0.3, -0.25) is 14.9 Å². The molecule has 10 heteroatoms. The van der Waals surface area contributed by atoms with Crippen LogP contribution in [0, 0.1) is 10.1 Å². The van der Waals surface area contributed by atoms with Crippen molar-refractivity contribution >= 4 is 38.7 Å². The molecule has 0 amide bonds. The minimum atomic E-state index is -0.524. The topological polar surface area (TPSA) is 109 Å². The van der Waals surface area contributed by atoms with Crippen LogP contribution >= 0.6 is 15.9 Å². The van der Waals surface area contributed by atoms with Gasteiger partial charge in [0.2, 0.25) is 5.75 Å². The lowest BCUT2D eigenvalue weighted by Crippen LogP contribution is -2.23. The average molecular weight is 531 g/mol. The Kier molecular flexibility index (Phi) is 8.03. The maximum absolute atomic E-state index is 13.3. The molecule has 0 saturated carbocycles. The Balaban J connectivity index is 2.19. The summed E-state index contributed by atoms with van der Waals surface area (Å²) in [6, 6.07) is 8.27. The number of fused-ring (bicyclic) bond motifs is 1. The van der Waals surface area contributed by atoms with Crippen molar-refractivity contribution in [3.63, 3.8) is 0 Å². The minimum absolute atomic E-state index is 0.0342. The zero-order valence-electron chi connectivity index (χ0n) is 19.7. The van der Waals surface area contributed by atoms with Crippen molar-refractivity contribution in [1.29, 1.82) is 0 Å². The average Bonchev–Trinajstić information content (AvgIpc) is 2.79.